The maximum atomic E-state index is 13.7. The van der Waals surface area contributed by atoms with Crippen LogP contribution in [0.5, 0.6) is 5.75 Å². The minimum absolute atomic E-state index is 0.00585. The van der Waals surface area contributed by atoms with Gasteiger partial charge in [0.25, 0.3) is 0 Å². The average Bonchev–Trinajstić information content (AvgIpc) is 3.47. The van der Waals surface area contributed by atoms with Gasteiger partial charge in [0, 0.05) is 30.1 Å². The molecule has 5 N–H and O–H groups in total. The number of anilines is 1. The number of carbonyl (C=O) groups excluding carboxylic acids is 2. The fourth-order valence-electron chi connectivity index (χ4n) is 5.62. The number of nitrogens with one attached hydrogen (secondary N) is 2. The van der Waals surface area contributed by atoms with E-state index in [0.29, 0.717) is 29.0 Å². The van der Waals surface area contributed by atoms with Crippen LogP contribution in [0.15, 0.2) is 76.5 Å². The second-order valence-electron chi connectivity index (χ2n) is 11.7. The van der Waals surface area contributed by atoms with Crippen LogP contribution in [0.4, 0.5) is 18.9 Å². The average molecular weight is 757 g/mol. The summed E-state index contributed by atoms with van der Waals surface area (Å²) in [6.45, 7) is 1.61. The third kappa shape index (κ3) is 8.40. The number of nitrogens with two attached hydrogens (primary N) is 1. The topological polar surface area (TPSA) is 202 Å². The highest BCUT2D eigenvalue weighted by Crippen LogP contribution is 2.40. The molecule has 5 rings (SSSR count). The Morgan fingerprint density at radius 3 is 2.36 bits per heavy atom. The van der Waals surface area contributed by atoms with Crippen molar-refractivity contribution in [2.75, 3.05) is 17.6 Å². The summed E-state index contributed by atoms with van der Waals surface area (Å²) in [5.41, 5.74) is -1.06. The van der Waals surface area contributed by atoms with Crippen molar-refractivity contribution in [1.82, 2.24) is 9.62 Å². The van der Waals surface area contributed by atoms with Crippen molar-refractivity contribution < 1.29 is 54.2 Å². The summed E-state index contributed by atoms with van der Waals surface area (Å²) in [5, 5.41) is 17.2. The number of amides is 1. The lowest BCUT2D eigenvalue weighted by molar-refractivity contribution is -0.149. The molecule has 19 heteroatoms. The summed E-state index contributed by atoms with van der Waals surface area (Å²) in [6, 6.07) is 14.4. The number of thioether (sulfide) groups is 1. The summed E-state index contributed by atoms with van der Waals surface area (Å²) < 4.78 is 98.6. The van der Waals surface area contributed by atoms with E-state index in [2.05, 4.69) is 10.0 Å². The number of primary sulfonamides is 1. The number of rotatable bonds is 10. The third-order valence-electron chi connectivity index (χ3n) is 8.00. The molecule has 268 valence electrons. The van der Waals surface area contributed by atoms with Crippen LogP contribution in [0.1, 0.15) is 34.8 Å². The van der Waals surface area contributed by atoms with E-state index in [4.69, 9.17) is 9.88 Å². The van der Waals surface area contributed by atoms with E-state index in [9.17, 15) is 49.5 Å². The molecule has 2 aliphatic heterocycles. The lowest BCUT2D eigenvalue weighted by Gasteiger charge is -2.29. The summed E-state index contributed by atoms with van der Waals surface area (Å²) in [7, 11) is -9.38. The van der Waals surface area contributed by atoms with Crippen LogP contribution in [0, 0.1) is 5.92 Å². The highest BCUT2D eigenvalue weighted by Gasteiger charge is 2.43. The van der Waals surface area contributed by atoms with Crippen molar-refractivity contribution in [2.45, 2.75) is 54.0 Å². The predicted molar refractivity (Wildman–Crippen MR) is 175 cm³/mol. The number of likely N-dealkylation sites (tertiary alicyclic amines) is 1. The summed E-state index contributed by atoms with van der Waals surface area (Å²) >= 11 is 0.972. The van der Waals surface area contributed by atoms with Crippen molar-refractivity contribution in [1.29, 1.82) is 0 Å². The number of carboxylic acids is 1. The molecule has 1 saturated heterocycles. The molecule has 2 heterocycles. The van der Waals surface area contributed by atoms with Gasteiger partial charge in [-0.25, -0.2) is 26.8 Å². The first-order chi connectivity index (χ1) is 23.3. The van der Waals surface area contributed by atoms with Crippen molar-refractivity contribution in [3.8, 4) is 5.75 Å². The number of hydrogen-bond acceptors (Lipinski definition) is 10. The van der Waals surface area contributed by atoms with E-state index >= 15 is 0 Å². The zero-order chi connectivity index (χ0) is 36.6. The first kappa shape index (κ1) is 37.1. The van der Waals surface area contributed by atoms with E-state index < -0.39 is 83.4 Å². The number of sulfonamides is 2. The van der Waals surface area contributed by atoms with E-state index in [1.54, 1.807) is 49.4 Å². The van der Waals surface area contributed by atoms with Crippen molar-refractivity contribution in [3.05, 3.63) is 83.4 Å². The number of ether oxygens (including phenoxy) is 1. The quantitative estimate of drug-likeness (QED) is 0.237. The smallest absolute Gasteiger partial charge is 0.417 e. The maximum Gasteiger partial charge on any atom is 0.417 e. The largest absolute Gasteiger partial charge is 0.488 e. The fraction of sp³-hybridized carbons (Fsp3) is 0.323. The number of carbonyl (C=O) groups is 3. The molecule has 2 aliphatic rings. The number of aliphatic carboxylic acids is 1. The van der Waals surface area contributed by atoms with Gasteiger partial charge in [-0.3, -0.25) is 9.59 Å². The van der Waals surface area contributed by atoms with Crippen molar-refractivity contribution in [3.63, 3.8) is 0 Å². The molecule has 4 atom stereocenters. The lowest BCUT2D eigenvalue weighted by Crippen LogP contribution is -2.46. The number of carboxylic acid groups (broad SMARTS) is 1. The second-order valence-corrected chi connectivity index (χ2v) is 15.9. The van der Waals surface area contributed by atoms with Crippen LogP contribution in [-0.4, -0.2) is 74.4 Å². The number of halogens is 3. The molecule has 0 bridgehead atoms. The summed E-state index contributed by atoms with van der Waals surface area (Å²) in [5.74, 6) is -1.81. The zero-order valence-electron chi connectivity index (χ0n) is 26.1. The Balaban J connectivity index is 1.22. The monoisotopic (exact) mass is 756 g/mol. The van der Waals surface area contributed by atoms with Crippen LogP contribution in [0.2, 0.25) is 0 Å². The molecule has 3 aromatic rings. The van der Waals surface area contributed by atoms with Gasteiger partial charge in [-0.15, -0.1) is 0 Å². The predicted octanol–water partition coefficient (Wildman–Crippen LogP) is 3.27. The van der Waals surface area contributed by atoms with Gasteiger partial charge >= 0.3 is 12.1 Å². The van der Waals surface area contributed by atoms with Crippen molar-refractivity contribution >= 4 is 54.5 Å². The molecule has 1 fully saturated rings. The van der Waals surface area contributed by atoms with Gasteiger partial charge in [0.05, 0.1) is 28.9 Å². The van der Waals surface area contributed by atoms with E-state index in [0.717, 1.165) is 11.8 Å². The SMILES string of the molecule is C[C@H](CSC(=O)c1ccccc1)C(=O)N1C[C@@H](Oc2ccc(CC3Nc4cc(C(F)(F)F)c(S(N)(=O)=O)cc4S(=O)(=O)N3)cc2)C[C@H]1C(=O)O. The fourth-order valence-corrected chi connectivity index (χ4v) is 8.63. The maximum absolute atomic E-state index is 13.7. The van der Waals surface area contributed by atoms with Crippen LogP contribution in [0.3, 0.4) is 0 Å². The molecule has 0 aliphatic carbocycles. The molecular formula is C31H31F3N4O9S3. The van der Waals surface area contributed by atoms with Gasteiger partial charge in [-0.1, -0.05) is 61.2 Å². The minimum atomic E-state index is -5.15. The Morgan fingerprint density at radius 1 is 1.10 bits per heavy atom. The first-order valence-corrected chi connectivity index (χ1v) is 18.9. The minimum Gasteiger partial charge on any atom is -0.488 e. The van der Waals surface area contributed by atoms with Crippen LogP contribution >= 0.6 is 11.8 Å². The zero-order valence-corrected chi connectivity index (χ0v) is 28.5. The van der Waals surface area contributed by atoms with Crippen molar-refractivity contribution in [2.24, 2.45) is 11.1 Å². The molecule has 13 nitrogen and oxygen atoms in total. The molecule has 0 saturated carbocycles. The van der Waals surface area contributed by atoms with Crippen LogP contribution in [0.25, 0.3) is 0 Å². The molecule has 0 radical (unpaired) electrons. The Bertz CT molecular complexity index is 2010. The number of nitrogens with zero attached hydrogens (tertiary/aromatic N) is 1. The lowest BCUT2D eigenvalue weighted by atomic mass is 10.1. The summed E-state index contributed by atoms with van der Waals surface area (Å²) in [6.07, 6.45) is -6.98. The molecule has 1 amide bonds. The standard InChI is InChI=1S/C31H31F3N4O9S3/c1-17(16-48-30(42)19-5-3-2-4-6-19)28(39)38-15-21(12-24(38)29(40)41)47-20-9-7-18(8-10-20)11-27-36-23-13-22(31(32,33)34)25(49(35,43)44)14-26(23)50(45,46)37-27/h2-10,13-14,17,21,24,27,36-37H,11-12,15-16H2,1H3,(H,40,41)(H2,35,43,44)/t17-,21+,24+,27?/m1/s1. The molecule has 1 unspecified atom stereocenters. The number of alkyl halides is 3. The number of benzene rings is 3. The van der Waals surface area contributed by atoms with Gasteiger partial charge in [0.1, 0.15) is 22.8 Å². The Kier molecular flexibility index (Phi) is 10.5. The Labute approximate surface area is 289 Å². The van der Waals surface area contributed by atoms with Gasteiger partial charge in [-0.05, 0) is 29.8 Å². The Hall–Kier alpha value is -4.17. The molecule has 3 aromatic carbocycles. The highest BCUT2D eigenvalue weighted by molar-refractivity contribution is 8.14. The number of fused-ring (bicyclic) bond motifs is 1. The molecule has 0 aromatic heterocycles. The first-order valence-electron chi connectivity index (χ1n) is 14.9. The van der Waals surface area contributed by atoms with Crippen LogP contribution < -0.4 is 19.9 Å². The van der Waals surface area contributed by atoms with Gasteiger partial charge < -0.3 is 20.1 Å². The molecule has 0 spiro atoms. The van der Waals surface area contributed by atoms with E-state index in [1.165, 1.54) is 17.0 Å². The molecular weight excluding hydrogens is 726 g/mol. The second kappa shape index (κ2) is 14.2. The van der Waals surface area contributed by atoms with Gasteiger partial charge in [0.2, 0.25) is 31.1 Å². The van der Waals surface area contributed by atoms with E-state index in [-0.39, 0.29) is 30.3 Å². The Morgan fingerprint density at radius 2 is 1.76 bits per heavy atom. The third-order valence-corrected chi connectivity index (χ3v) is 11.6. The normalized spacial score (nSPS) is 20.7. The highest BCUT2D eigenvalue weighted by atomic mass is 32.2. The van der Waals surface area contributed by atoms with Crippen LogP contribution in [-0.2, 0) is 42.2 Å². The van der Waals surface area contributed by atoms with E-state index in [1.807, 2.05) is 0 Å². The van der Waals surface area contributed by atoms with Gasteiger partial charge in [0.15, 0.2) is 0 Å². The van der Waals surface area contributed by atoms with Gasteiger partial charge in [-0.2, -0.15) is 17.9 Å². The molecule has 50 heavy (non-hydrogen) atoms. The summed E-state index contributed by atoms with van der Waals surface area (Å²) in [4.78, 5) is 36.8. The number of hydrogen-bond donors (Lipinski definition) is 4.